The van der Waals surface area contributed by atoms with Gasteiger partial charge in [-0.15, -0.1) is 0 Å². The average molecular weight is 216 g/mol. The van der Waals surface area contributed by atoms with Crippen LogP contribution in [-0.4, -0.2) is 16.9 Å². The van der Waals surface area contributed by atoms with E-state index in [2.05, 4.69) is 6.92 Å². The minimum atomic E-state index is -0.745. The Bertz CT molecular complexity index is 170. The first kappa shape index (κ1) is 16.4. The minimum Gasteiger partial charge on any atom is -0.481 e. The van der Waals surface area contributed by atoms with Crippen LogP contribution in [0, 0.1) is 5.41 Å². The number of aliphatic carboxylic acids is 1. The van der Waals surface area contributed by atoms with Crippen molar-refractivity contribution in [1.29, 1.82) is 5.41 Å². The molecule has 4 N–H and O–H groups in total. The van der Waals surface area contributed by atoms with Crippen LogP contribution in [0.5, 0.6) is 0 Å². The average Bonchev–Trinajstić information content (AvgIpc) is 2.18. The van der Waals surface area contributed by atoms with Gasteiger partial charge in [0, 0.05) is 12.8 Å². The van der Waals surface area contributed by atoms with E-state index in [0.29, 0.717) is 5.84 Å². The number of amidine groups is 1. The maximum absolute atomic E-state index is 9.37. The summed E-state index contributed by atoms with van der Waals surface area (Å²) in [6.45, 7) is 3.80. The Morgan fingerprint density at radius 3 is 2.00 bits per heavy atom. The van der Waals surface area contributed by atoms with Gasteiger partial charge in [0.05, 0.1) is 5.84 Å². The highest BCUT2D eigenvalue weighted by molar-refractivity contribution is 5.76. The number of nitrogens with two attached hydrogens (primary N) is 1. The summed E-state index contributed by atoms with van der Waals surface area (Å²) >= 11 is 0. The zero-order chi connectivity index (χ0) is 12.1. The molecule has 0 aliphatic rings. The lowest BCUT2D eigenvalue weighted by atomic mass is 10.1. The molecule has 0 atom stereocenters. The molecule has 0 bridgehead atoms. The van der Waals surface area contributed by atoms with E-state index in [1.807, 2.05) is 0 Å². The Kier molecular flexibility index (Phi) is 14.1. The zero-order valence-electron chi connectivity index (χ0n) is 9.88. The Morgan fingerprint density at radius 1 is 1.20 bits per heavy atom. The highest BCUT2D eigenvalue weighted by Gasteiger charge is 1.90. The van der Waals surface area contributed by atoms with Crippen LogP contribution in [-0.2, 0) is 4.79 Å². The molecule has 0 aliphatic heterocycles. The lowest BCUT2D eigenvalue weighted by Crippen LogP contribution is -2.08. The molecule has 0 aromatic rings. The highest BCUT2D eigenvalue weighted by atomic mass is 16.4. The SMILES string of the molecule is CCC(=O)O.CCCCCCCC(=N)N. The molecule has 15 heavy (non-hydrogen) atoms. The summed E-state index contributed by atoms with van der Waals surface area (Å²) in [4.78, 5) is 9.37. The molecule has 4 heteroatoms. The van der Waals surface area contributed by atoms with Crippen molar-refractivity contribution in [3.05, 3.63) is 0 Å². The van der Waals surface area contributed by atoms with Crippen LogP contribution in [0.1, 0.15) is 58.8 Å². The van der Waals surface area contributed by atoms with Crippen LogP contribution in [0.2, 0.25) is 0 Å². The molecule has 90 valence electrons. The van der Waals surface area contributed by atoms with E-state index >= 15 is 0 Å². The van der Waals surface area contributed by atoms with Gasteiger partial charge in [-0.05, 0) is 6.42 Å². The predicted molar refractivity (Wildman–Crippen MR) is 63.2 cm³/mol. The fourth-order valence-electron chi connectivity index (χ4n) is 0.919. The van der Waals surface area contributed by atoms with E-state index in [9.17, 15) is 4.79 Å². The monoisotopic (exact) mass is 216 g/mol. The molecule has 0 unspecified atom stereocenters. The summed E-state index contributed by atoms with van der Waals surface area (Å²) < 4.78 is 0. The van der Waals surface area contributed by atoms with Crippen LogP contribution in [0.25, 0.3) is 0 Å². The third-order valence-corrected chi connectivity index (χ3v) is 1.85. The Labute approximate surface area is 92.4 Å². The van der Waals surface area contributed by atoms with Crippen LogP contribution < -0.4 is 5.73 Å². The summed E-state index contributed by atoms with van der Waals surface area (Å²) in [5.74, 6) is -0.415. The molecule has 0 aromatic heterocycles. The van der Waals surface area contributed by atoms with Crippen molar-refractivity contribution >= 4 is 11.8 Å². The quantitative estimate of drug-likeness (QED) is 0.347. The van der Waals surface area contributed by atoms with Gasteiger partial charge >= 0.3 is 5.97 Å². The summed E-state index contributed by atoms with van der Waals surface area (Å²) in [6.07, 6.45) is 7.22. The zero-order valence-corrected chi connectivity index (χ0v) is 9.88. The minimum absolute atomic E-state index is 0.222. The number of carboxylic acids is 1. The van der Waals surface area contributed by atoms with E-state index in [1.165, 1.54) is 25.7 Å². The van der Waals surface area contributed by atoms with Crippen LogP contribution >= 0.6 is 0 Å². The highest BCUT2D eigenvalue weighted by Crippen LogP contribution is 2.03. The normalized spacial score (nSPS) is 8.93. The molecular formula is C11H24N2O2. The second-order valence-electron chi connectivity index (χ2n) is 3.44. The number of nitrogens with one attached hydrogen (secondary N) is 1. The largest absolute Gasteiger partial charge is 0.481 e. The smallest absolute Gasteiger partial charge is 0.303 e. The number of carboxylic acid groups (broad SMARTS) is 1. The Hall–Kier alpha value is -1.06. The maximum atomic E-state index is 9.37. The van der Waals surface area contributed by atoms with Crippen molar-refractivity contribution in [3.63, 3.8) is 0 Å². The van der Waals surface area contributed by atoms with Gasteiger partial charge in [-0.2, -0.15) is 0 Å². The van der Waals surface area contributed by atoms with Crippen molar-refractivity contribution in [3.8, 4) is 0 Å². The molecule has 0 heterocycles. The summed E-state index contributed by atoms with van der Waals surface area (Å²) in [5, 5.41) is 14.7. The molecule has 0 fully saturated rings. The van der Waals surface area contributed by atoms with E-state index in [0.717, 1.165) is 12.8 Å². The fourth-order valence-corrected chi connectivity index (χ4v) is 0.919. The van der Waals surface area contributed by atoms with Gasteiger partial charge in [0.1, 0.15) is 0 Å². The standard InChI is InChI=1S/C8H18N2.C3H6O2/c1-2-3-4-5-6-7-8(9)10;1-2-3(4)5/h2-7H2,1H3,(H3,9,10);2H2,1H3,(H,4,5). The van der Waals surface area contributed by atoms with Crippen LogP contribution in [0.15, 0.2) is 0 Å². The van der Waals surface area contributed by atoms with E-state index in [-0.39, 0.29) is 6.42 Å². The van der Waals surface area contributed by atoms with Crippen LogP contribution in [0.3, 0.4) is 0 Å². The molecule has 4 nitrogen and oxygen atoms in total. The second kappa shape index (κ2) is 12.9. The molecular weight excluding hydrogens is 192 g/mol. The first-order valence-electron chi connectivity index (χ1n) is 5.59. The molecule has 0 spiro atoms. The Morgan fingerprint density at radius 2 is 1.67 bits per heavy atom. The van der Waals surface area contributed by atoms with E-state index in [1.54, 1.807) is 6.92 Å². The van der Waals surface area contributed by atoms with Gasteiger partial charge in [-0.3, -0.25) is 10.2 Å². The van der Waals surface area contributed by atoms with E-state index < -0.39 is 5.97 Å². The number of rotatable bonds is 7. The topological polar surface area (TPSA) is 87.2 Å². The second-order valence-corrected chi connectivity index (χ2v) is 3.44. The molecule has 0 radical (unpaired) electrons. The summed E-state index contributed by atoms with van der Waals surface area (Å²) in [7, 11) is 0. The third-order valence-electron chi connectivity index (χ3n) is 1.85. The van der Waals surface area contributed by atoms with Crippen molar-refractivity contribution in [2.75, 3.05) is 0 Å². The summed E-state index contributed by atoms with van der Waals surface area (Å²) in [6, 6.07) is 0. The molecule has 0 aromatic carbocycles. The van der Waals surface area contributed by atoms with Gasteiger partial charge in [0.2, 0.25) is 0 Å². The fraction of sp³-hybridized carbons (Fsp3) is 0.818. The molecule has 0 amide bonds. The summed E-state index contributed by atoms with van der Waals surface area (Å²) in [5.41, 5.74) is 5.19. The number of carbonyl (C=O) groups is 1. The van der Waals surface area contributed by atoms with Gasteiger partial charge < -0.3 is 10.8 Å². The number of hydrogen-bond donors (Lipinski definition) is 3. The molecule has 0 aliphatic carbocycles. The van der Waals surface area contributed by atoms with Gasteiger partial charge in [0.15, 0.2) is 0 Å². The van der Waals surface area contributed by atoms with Crippen molar-refractivity contribution in [2.45, 2.75) is 58.8 Å². The van der Waals surface area contributed by atoms with Crippen molar-refractivity contribution in [1.82, 2.24) is 0 Å². The van der Waals surface area contributed by atoms with Crippen LogP contribution in [0.4, 0.5) is 0 Å². The van der Waals surface area contributed by atoms with Crippen molar-refractivity contribution < 1.29 is 9.90 Å². The number of unbranched alkanes of at least 4 members (excludes halogenated alkanes) is 4. The molecule has 0 rings (SSSR count). The first-order valence-corrected chi connectivity index (χ1v) is 5.59. The maximum Gasteiger partial charge on any atom is 0.303 e. The lowest BCUT2D eigenvalue weighted by molar-refractivity contribution is -0.136. The van der Waals surface area contributed by atoms with E-state index in [4.69, 9.17) is 16.2 Å². The predicted octanol–water partition coefficient (Wildman–Crippen LogP) is 2.76. The molecule has 0 saturated heterocycles. The first-order chi connectivity index (χ1) is 7.04. The lowest BCUT2D eigenvalue weighted by Gasteiger charge is -1.97. The van der Waals surface area contributed by atoms with Gasteiger partial charge in [-0.25, -0.2) is 0 Å². The Balaban J connectivity index is 0. The van der Waals surface area contributed by atoms with Crippen molar-refractivity contribution in [2.24, 2.45) is 5.73 Å². The third kappa shape index (κ3) is 24.6. The van der Waals surface area contributed by atoms with Gasteiger partial charge in [0.25, 0.3) is 0 Å². The number of hydrogen-bond acceptors (Lipinski definition) is 2. The van der Waals surface area contributed by atoms with Gasteiger partial charge in [-0.1, -0.05) is 39.5 Å². The molecule has 0 saturated carbocycles.